The van der Waals surface area contributed by atoms with Gasteiger partial charge in [-0.2, -0.15) is 0 Å². The molecule has 1 aliphatic rings. The summed E-state index contributed by atoms with van der Waals surface area (Å²) >= 11 is 0. The van der Waals surface area contributed by atoms with Gasteiger partial charge in [0.2, 0.25) is 0 Å². The summed E-state index contributed by atoms with van der Waals surface area (Å²) in [6.45, 7) is 9.88. The number of para-hydroxylation sites is 1. The largest absolute Gasteiger partial charge is 0.487 e. The molecule has 0 saturated carbocycles. The number of ether oxygens (including phenoxy) is 2. The molecule has 2 aromatic rings. The lowest BCUT2D eigenvalue weighted by Crippen LogP contribution is -2.44. The lowest BCUT2D eigenvalue weighted by molar-refractivity contribution is -0.128. The van der Waals surface area contributed by atoms with Crippen LogP contribution in [0.5, 0.6) is 11.5 Å². The number of hydrogen-bond acceptors (Lipinski definition) is 3. The molecule has 4 heteroatoms. The minimum atomic E-state index is -0.573. The maximum absolute atomic E-state index is 12.7. The van der Waals surface area contributed by atoms with Crippen molar-refractivity contribution in [2.75, 3.05) is 0 Å². The fourth-order valence-corrected chi connectivity index (χ4v) is 3.31. The van der Waals surface area contributed by atoms with E-state index in [4.69, 9.17) is 9.47 Å². The summed E-state index contributed by atoms with van der Waals surface area (Å²) in [5, 5.41) is 3.15. The summed E-state index contributed by atoms with van der Waals surface area (Å²) < 4.78 is 12.0. The highest BCUT2D eigenvalue weighted by Crippen LogP contribution is 2.40. The maximum atomic E-state index is 12.7. The Labute approximate surface area is 155 Å². The number of fused-ring (bicyclic) bond motifs is 1. The summed E-state index contributed by atoms with van der Waals surface area (Å²) in [7, 11) is 0. The SMILES string of the molecule is Cc1ccc2c(c1)OC(C)(C)C[C@H]2NC(=O)[C@H](C)Oc1ccccc1C. The van der Waals surface area contributed by atoms with Gasteiger partial charge in [0.05, 0.1) is 6.04 Å². The Morgan fingerprint density at radius 2 is 1.96 bits per heavy atom. The first-order chi connectivity index (χ1) is 12.2. The zero-order valence-electron chi connectivity index (χ0n) is 16.1. The van der Waals surface area contributed by atoms with E-state index < -0.39 is 6.10 Å². The van der Waals surface area contributed by atoms with Crippen molar-refractivity contribution in [3.8, 4) is 11.5 Å². The zero-order chi connectivity index (χ0) is 18.9. The Hall–Kier alpha value is -2.49. The molecule has 0 spiro atoms. The van der Waals surface area contributed by atoms with Crippen molar-refractivity contribution in [2.45, 2.75) is 58.8 Å². The molecule has 0 aliphatic carbocycles. The molecule has 0 aromatic heterocycles. The second kappa shape index (κ2) is 7.02. The highest BCUT2D eigenvalue weighted by Gasteiger charge is 2.35. The molecule has 1 N–H and O–H groups in total. The summed E-state index contributed by atoms with van der Waals surface area (Å²) in [5.41, 5.74) is 2.84. The highest BCUT2D eigenvalue weighted by molar-refractivity contribution is 5.81. The van der Waals surface area contributed by atoms with E-state index in [-0.39, 0.29) is 17.6 Å². The second-order valence-electron chi connectivity index (χ2n) is 7.69. The van der Waals surface area contributed by atoms with Crippen LogP contribution in [0.4, 0.5) is 0 Å². The minimum absolute atomic E-state index is 0.0928. The van der Waals surface area contributed by atoms with Crippen molar-refractivity contribution >= 4 is 5.91 Å². The first kappa shape index (κ1) is 18.3. The van der Waals surface area contributed by atoms with E-state index in [0.717, 1.165) is 28.2 Å². The van der Waals surface area contributed by atoms with Crippen molar-refractivity contribution in [2.24, 2.45) is 0 Å². The molecule has 3 rings (SSSR count). The molecule has 0 fully saturated rings. The molecule has 1 heterocycles. The third-order valence-corrected chi connectivity index (χ3v) is 4.71. The van der Waals surface area contributed by atoms with Crippen molar-refractivity contribution in [1.29, 1.82) is 0 Å². The predicted molar refractivity (Wildman–Crippen MR) is 103 cm³/mol. The summed E-state index contributed by atoms with van der Waals surface area (Å²) in [5.74, 6) is 1.46. The first-order valence-corrected chi connectivity index (χ1v) is 9.07. The molecule has 4 nitrogen and oxygen atoms in total. The van der Waals surface area contributed by atoms with Crippen molar-refractivity contribution in [3.63, 3.8) is 0 Å². The third-order valence-electron chi connectivity index (χ3n) is 4.71. The molecule has 26 heavy (non-hydrogen) atoms. The van der Waals surface area contributed by atoms with Gasteiger partial charge in [0.15, 0.2) is 6.10 Å². The molecule has 0 bridgehead atoms. The van der Waals surface area contributed by atoms with Crippen molar-refractivity contribution in [3.05, 3.63) is 59.2 Å². The van der Waals surface area contributed by atoms with Crippen molar-refractivity contribution in [1.82, 2.24) is 5.32 Å². The molecule has 138 valence electrons. The number of aryl methyl sites for hydroxylation is 2. The molecule has 0 unspecified atom stereocenters. The van der Waals surface area contributed by atoms with E-state index in [1.165, 1.54) is 0 Å². The summed E-state index contributed by atoms with van der Waals surface area (Å²) in [6.07, 6.45) is 0.141. The van der Waals surface area contributed by atoms with E-state index in [1.807, 2.05) is 70.2 Å². The van der Waals surface area contributed by atoms with Crippen LogP contribution in [-0.2, 0) is 4.79 Å². The third kappa shape index (κ3) is 4.01. The number of benzene rings is 2. The first-order valence-electron chi connectivity index (χ1n) is 9.07. The van der Waals surface area contributed by atoms with Gasteiger partial charge in [-0.25, -0.2) is 0 Å². The van der Waals surface area contributed by atoms with Gasteiger partial charge in [-0.1, -0.05) is 30.3 Å². The number of carbonyl (C=O) groups is 1. The fraction of sp³-hybridized carbons (Fsp3) is 0.409. The van der Waals surface area contributed by atoms with Gasteiger partial charge in [-0.15, -0.1) is 0 Å². The van der Waals surface area contributed by atoms with Gasteiger partial charge in [-0.05, 0) is 57.9 Å². The van der Waals surface area contributed by atoms with Crippen LogP contribution in [0.15, 0.2) is 42.5 Å². The van der Waals surface area contributed by atoms with Crippen LogP contribution in [0.3, 0.4) is 0 Å². The molecular formula is C22H27NO3. The van der Waals surface area contributed by atoms with Crippen LogP contribution in [-0.4, -0.2) is 17.6 Å². The number of hydrogen-bond donors (Lipinski definition) is 1. The Bertz CT molecular complexity index is 813. The maximum Gasteiger partial charge on any atom is 0.261 e. The average molecular weight is 353 g/mol. The monoisotopic (exact) mass is 353 g/mol. The van der Waals surface area contributed by atoms with E-state index in [1.54, 1.807) is 6.92 Å². The van der Waals surface area contributed by atoms with Crippen LogP contribution in [0.1, 0.15) is 49.9 Å². The van der Waals surface area contributed by atoms with Crippen molar-refractivity contribution < 1.29 is 14.3 Å². The standard InChI is InChI=1S/C22H27NO3/c1-14-10-11-17-18(13-22(4,5)26-20(17)12-14)23-21(24)16(3)25-19-9-7-6-8-15(19)2/h6-12,16,18H,13H2,1-5H3,(H,23,24)/t16-,18+/m0/s1. The van der Waals surface area contributed by atoms with E-state index >= 15 is 0 Å². The highest BCUT2D eigenvalue weighted by atomic mass is 16.5. The van der Waals surface area contributed by atoms with Crippen LogP contribution in [0, 0.1) is 13.8 Å². The van der Waals surface area contributed by atoms with E-state index in [0.29, 0.717) is 6.42 Å². The fourth-order valence-electron chi connectivity index (χ4n) is 3.31. The topological polar surface area (TPSA) is 47.6 Å². The Morgan fingerprint density at radius 3 is 2.69 bits per heavy atom. The molecule has 1 amide bonds. The Balaban J connectivity index is 1.75. The summed E-state index contributed by atoms with van der Waals surface area (Å²) in [6, 6.07) is 13.7. The summed E-state index contributed by atoms with van der Waals surface area (Å²) in [4.78, 5) is 12.7. The molecule has 0 saturated heterocycles. The molecule has 1 aliphatic heterocycles. The van der Waals surface area contributed by atoms with Gasteiger partial charge in [0.1, 0.15) is 17.1 Å². The molecule has 0 radical (unpaired) electrons. The van der Waals surface area contributed by atoms with Gasteiger partial charge >= 0.3 is 0 Å². The molecule has 2 atom stereocenters. The zero-order valence-corrected chi connectivity index (χ0v) is 16.1. The van der Waals surface area contributed by atoms with Gasteiger partial charge in [0.25, 0.3) is 5.91 Å². The number of nitrogens with one attached hydrogen (secondary N) is 1. The lowest BCUT2D eigenvalue weighted by Gasteiger charge is -2.38. The minimum Gasteiger partial charge on any atom is -0.487 e. The number of carbonyl (C=O) groups excluding carboxylic acids is 1. The van der Waals surface area contributed by atoms with Crippen LogP contribution in [0.25, 0.3) is 0 Å². The quantitative estimate of drug-likeness (QED) is 0.881. The average Bonchev–Trinajstić information content (AvgIpc) is 2.55. The molecular weight excluding hydrogens is 326 g/mol. The van der Waals surface area contributed by atoms with Crippen LogP contribution in [0.2, 0.25) is 0 Å². The Morgan fingerprint density at radius 1 is 1.23 bits per heavy atom. The van der Waals surface area contributed by atoms with E-state index in [2.05, 4.69) is 5.32 Å². The number of rotatable bonds is 4. The van der Waals surface area contributed by atoms with E-state index in [9.17, 15) is 4.79 Å². The van der Waals surface area contributed by atoms with Gasteiger partial charge < -0.3 is 14.8 Å². The van der Waals surface area contributed by atoms with Gasteiger partial charge in [-0.3, -0.25) is 4.79 Å². The smallest absolute Gasteiger partial charge is 0.261 e. The normalized spacial score (nSPS) is 19.0. The molecule has 2 aromatic carbocycles. The van der Waals surface area contributed by atoms with Crippen LogP contribution < -0.4 is 14.8 Å². The van der Waals surface area contributed by atoms with Crippen LogP contribution >= 0.6 is 0 Å². The van der Waals surface area contributed by atoms with Gasteiger partial charge in [0, 0.05) is 12.0 Å². The second-order valence-corrected chi connectivity index (χ2v) is 7.69. The Kier molecular flexibility index (Phi) is 4.94. The predicted octanol–water partition coefficient (Wildman–Crippen LogP) is 4.49. The lowest BCUT2D eigenvalue weighted by atomic mass is 9.89. The number of amides is 1.